The molecule has 0 aliphatic carbocycles. The molecule has 0 fully saturated rings. The summed E-state index contributed by atoms with van der Waals surface area (Å²) in [4.78, 5) is 0. The third-order valence-corrected chi connectivity index (χ3v) is 5.59. The van der Waals surface area contributed by atoms with Crippen LogP contribution in [0.25, 0.3) is 0 Å². The molecule has 0 radical (unpaired) electrons. The van der Waals surface area contributed by atoms with Gasteiger partial charge in [-0.1, -0.05) is 111 Å². The summed E-state index contributed by atoms with van der Waals surface area (Å²) in [6.45, 7) is 8.55. The zero-order valence-electron chi connectivity index (χ0n) is 17.6. The maximum Gasteiger partial charge on any atom is 0.102 e. The van der Waals surface area contributed by atoms with Gasteiger partial charge in [0.25, 0.3) is 0 Å². The van der Waals surface area contributed by atoms with E-state index in [2.05, 4.69) is 105 Å². The van der Waals surface area contributed by atoms with Crippen LogP contribution in [0.3, 0.4) is 0 Å². The topological polar surface area (TPSA) is 21.3 Å². The van der Waals surface area contributed by atoms with Crippen LogP contribution in [0, 0.1) is 5.41 Å². The third-order valence-electron chi connectivity index (χ3n) is 5.59. The van der Waals surface area contributed by atoms with Crippen molar-refractivity contribution in [1.29, 1.82) is 0 Å². The second-order valence-electron chi connectivity index (χ2n) is 7.99. The summed E-state index contributed by atoms with van der Waals surface area (Å²) in [6, 6.07) is 31.6. The quantitative estimate of drug-likeness (QED) is 0.416. The van der Waals surface area contributed by atoms with E-state index in [1.54, 1.807) is 7.11 Å². The summed E-state index contributed by atoms with van der Waals surface area (Å²) in [5.74, 6) is 0. The van der Waals surface area contributed by atoms with Crippen LogP contribution in [-0.4, -0.2) is 7.11 Å². The molecule has 3 rings (SSSR count). The minimum Gasteiger partial charge on any atom is -0.375 e. The van der Waals surface area contributed by atoms with Gasteiger partial charge in [-0.15, -0.1) is 6.58 Å². The van der Waals surface area contributed by atoms with Crippen molar-refractivity contribution in [2.45, 2.75) is 32.0 Å². The van der Waals surface area contributed by atoms with Crippen LogP contribution in [0.5, 0.6) is 0 Å². The van der Waals surface area contributed by atoms with Crippen molar-refractivity contribution in [3.05, 3.63) is 120 Å². The minimum atomic E-state index is -0.149. The Morgan fingerprint density at radius 3 is 1.66 bits per heavy atom. The molecule has 0 aromatic heterocycles. The van der Waals surface area contributed by atoms with Gasteiger partial charge in [0.2, 0.25) is 0 Å². The fraction of sp³-hybridized carbons (Fsp3) is 0.259. The second-order valence-corrected chi connectivity index (χ2v) is 7.99. The van der Waals surface area contributed by atoms with Gasteiger partial charge in [-0.05, 0) is 16.7 Å². The lowest BCUT2D eigenvalue weighted by molar-refractivity contribution is 0.0570. The van der Waals surface area contributed by atoms with Gasteiger partial charge in [0.05, 0.1) is 6.04 Å². The molecule has 0 heterocycles. The standard InChI is InChI=1S/C27H31NO/c1-5-27(2,3)26(23-19-13-8-14-20-23)28-24(21-15-9-6-10-16-21)25(29-4)22-17-11-7-12-18-22/h5-20,24-26,28H,1H2,2-4H3/t24-,25+,26+/m1/s1. The highest BCUT2D eigenvalue weighted by molar-refractivity contribution is 5.29. The van der Waals surface area contributed by atoms with Crippen molar-refractivity contribution in [3.8, 4) is 0 Å². The zero-order valence-corrected chi connectivity index (χ0v) is 17.6. The number of rotatable bonds is 9. The molecule has 0 amide bonds. The second kappa shape index (κ2) is 9.69. The highest BCUT2D eigenvalue weighted by Crippen LogP contribution is 2.40. The monoisotopic (exact) mass is 385 g/mol. The number of methoxy groups -OCH3 is 1. The molecule has 0 bridgehead atoms. The van der Waals surface area contributed by atoms with E-state index in [4.69, 9.17) is 4.74 Å². The Labute approximate surface area is 175 Å². The Kier molecular flexibility index (Phi) is 7.03. The fourth-order valence-corrected chi connectivity index (χ4v) is 3.81. The summed E-state index contributed by atoms with van der Waals surface area (Å²) in [6.07, 6.45) is 1.91. The number of benzene rings is 3. The molecule has 0 saturated heterocycles. The van der Waals surface area contributed by atoms with Crippen molar-refractivity contribution in [2.75, 3.05) is 7.11 Å². The van der Waals surface area contributed by atoms with Crippen LogP contribution in [-0.2, 0) is 4.74 Å². The van der Waals surface area contributed by atoms with Crippen molar-refractivity contribution < 1.29 is 4.74 Å². The van der Waals surface area contributed by atoms with E-state index in [1.807, 2.05) is 18.2 Å². The van der Waals surface area contributed by atoms with Crippen LogP contribution in [0.1, 0.15) is 48.7 Å². The van der Waals surface area contributed by atoms with Gasteiger partial charge in [-0.2, -0.15) is 0 Å². The van der Waals surface area contributed by atoms with Gasteiger partial charge in [-0.3, -0.25) is 5.32 Å². The Bertz CT molecular complexity index is 874. The SMILES string of the molecule is C=CC(C)(C)[C@@H](N[C@H](c1ccccc1)[C@@H](OC)c1ccccc1)c1ccccc1. The van der Waals surface area contributed by atoms with Gasteiger partial charge < -0.3 is 4.74 Å². The van der Waals surface area contributed by atoms with Crippen molar-refractivity contribution in [1.82, 2.24) is 5.32 Å². The molecule has 0 aliphatic heterocycles. The molecule has 3 aromatic rings. The van der Waals surface area contributed by atoms with Crippen LogP contribution in [0.2, 0.25) is 0 Å². The molecule has 29 heavy (non-hydrogen) atoms. The van der Waals surface area contributed by atoms with Gasteiger partial charge in [0.1, 0.15) is 6.10 Å². The summed E-state index contributed by atoms with van der Waals surface area (Å²) >= 11 is 0. The molecule has 1 N–H and O–H groups in total. The van der Waals surface area contributed by atoms with E-state index < -0.39 is 0 Å². The first-order chi connectivity index (χ1) is 14.1. The lowest BCUT2D eigenvalue weighted by atomic mass is 9.79. The molecule has 150 valence electrons. The zero-order chi connectivity index (χ0) is 20.7. The minimum absolute atomic E-state index is 0.0203. The normalized spacial score (nSPS) is 14.7. The van der Waals surface area contributed by atoms with Gasteiger partial charge in [-0.25, -0.2) is 0 Å². The molecule has 3 aromatic carbocycles. The average Bonchev–Trinajstić information content (AvgIpc) is 2.78. The van der Waals surface area contributed by atoms with E-state index >= 15 is 0 Å². The van der Waals surface area contributed by atoms with Crippen LogP contribution in [0.15, 0.2) is 104 Å². The predicted molar refractivity (Wildman–Crippen MR) is 122 cm³/mol. The highest BCUT2D eigenvalue weighted by Gasteiger charge is 2.34. The van der Waals surface area contributed by atoms with E-state index in [0.717, 1.165) is 5.56 Å². The first kappa shape index (κ1) is 21.0. The Morgan fingerprint density at radius 2 is 1.21 bits per heavy atom. The lowest BCUT2D eigenvalue weighted by Gasteiger charge is -2.38. The van der Waals surface area contributed by atoms with Gasteiger partial charge in [0, 0.05) is 18.6 Å². The predicted octanol–water partition coefficient (Wildman–Crippen LogP) is 6.66. The van der Waals surface area contributed by atoms with Crippen molar-refractivity contribution in [2.24, 2.45) is 5.41 Å². The average molecular weight is 386 g/mol. The Balaban J connectivity index is 2.06. The maximum atomic E-state index is 6.05. The molecule has 2 heteroatoms. The van der Waals surface area contributed by atoms with E-state index in [9.17, 15) is 0 Å². The smallest absolute Gasteiger partial charge is 0.102 e. The van der Waals surface area contributed by atoms with Gasteiger partial charge in [0.15, 0.2) is 0 Å². The van der Waals surface area contributed by atoms with Crippen LogP contribution >= 0.6 is 0 Å². The van der Waals surface area contributed by atoms with Crippen molar-refractivity contribution in [3.63, 3.8) is 0 Å². The Hall–Kier alpha value is -2.68. The lowest BCUT2D eigenvalue weighted by Crippen LogP contribution is -2.38. The number of hydrogen-bond donors (Lipinski definition) is 1. The van der Waals surface area contributed by atoms with Crippen LogP contribution in [0.4, 0.5) is 0 Å². The molecule has 0 spiro atoms. The number of ether oxygens (including phenoxy) is 1. The maximum absolute atomic E-state index is 6.05. The molecule has 3 atom stereocenters. The first-order valence-corrected chi connectivity index (χ1v) is 10.1. The molecule has 0 aliphatic rings. The molecule has 0 saturated carbocycles. The largest absolute Gasteiger partial charge is 0.375 e. The van der Waals surface area contributed by atoms with Crippen LogP contribution < -0.4 is 5.32 Å². The summed E-state index contributed by atoms with van der Waals surface area (Å²) < 4.78 is 6.05. The highest BCUT2D eigenvalue weighted by atomic mass is 16.5. The molecule has 2 nitrogen and oxygen atoms in total. The van der Waals surface area contributed by atoms with Crippen molar-refractivity contribution >= 4 is 0 Å². The summed E-state index contributed by atoms with van der Waals surface area (Å²) in [7, 11) is 1.78. The fourth-order valence-electron chi connectivity index (χ4n) is 3.81. The summed E-state index contributed by atoms with van der Waals surface area (Å²) in [5, 5.41) is 3.93. The Morgan fingerprint density at radius 1 is 0.759 bits per heavy atom. The van der Waals surface area contributed by atoms with E-state index in [1.165, 1.54) is 11.1 Å². The molecular formula is C27H31NO. The number of nitrogens with one attached hydrogen (secondary N) is 1. The summed E-state index contributed by atoms with van der Waals surface area (Å²) in [5.41, 5.74) is 3.44. The number of hydrogen-bond acceptors (Lipinski definition) is 2. The molecular weight excluding hydrogens is 354 g/mol. The van der Waals surface area contributed by atoms with E-state index in [-0.39, 0.29) is 23.6 Å². The molecule has 0 unspecified atom stereocenters. The van der Waals surface area contributed by atoms with Gasteiger partial charge >= 0.3 is 0 Å². The van der Waals surface area contributed by atoms with E-state index in [0.29, 0.717) is 0 Å². The first-order valence-electron chi connectivity index (χ1n) is 10.1. The third kappa shape index (κ3) is 5.03.